The van der Waals surface area contributed by atoms with Crippen molar-refractivity contribution >= 4 is 28.2 Å². The Labute approximate surface area is 141 Å². The van der Waals surface area contributed by atoms with E-state index in [9.17, 15) is 0 Å². The van der Waals surface area contributed by atoms with Crippen LogP contribution in [0.1, 0.15) is 16.7 Å². The maximum atomic E-state index is 8.68. The molecule has 3 aromatic carbocycles. The van der Waals surface area contributed by atoms with Gasteiger partial charge < -0.3 is 10.7 Å². The Kier molecular flexibility index (Phi) is 2.72. The van der Waals surface area contributed by atoms with Crippen LogP contribution in [0.2, 0.25) is 0 Å². The first-order valence-corrected chi connectivity index (χ1v) is 8.39. The monoisotopic (exact) mass is 310 g/mol. The Bertz CT molecular complexity index is 1020. The van der Waals surface area contributed by atoms with Gasteiger partial charge in [-0.3, -0.25) is 0 Å². The third-order valence-corrected chi connectivity index (χ3v) is 5.52. The highest BCUT2D eigenvalue weighted by Crippen LogP contribution is 2.43. The summed E-state index contributed by atoms with van der Waals surface area (Å²) in [6.07, 6.45) is 4.92. The van der Waals surface area contributed by atoms with Gasteiger partial charge in [0.25, 0.3) is 0 Å². The standard InChI is InChI=1S/C22H18N2/c23-21-12-10-16-6-2-4-8-19(16)22(21)13-18-17-7-3-1-5-15(17)9-11-20(18)24-14-22/h1-12,23-24H,13-14H2. The molecule has 1 heterocycles. The van der Waals surface area contributed by atoms with E-state index in [1.807, 2.05) is 6.08 Å². The first kappa shape index (κ1) is 13.6. The highest BCUT2D eigenvalue weighted by atomic mass is 14.9. The lowest BCUT2D eigenvalue weighted by molar-refractivity contribution is 0.582. The molecule has 0 bridgehead atoms. The van der Waals surface area contributed by atoms with Crippen LogP contribution in [0.5, 0.6) is 0 Å². The van der Waals surface area contributed by atoms with Crippen molar-refractivity contribution in [2.24, 2.45) is 0 Å². The fourth-order valence-corrected chi connectivity index (χ4v) is 4.24. The van der Waals surface area contributed by atoms with Gasteiger partial charge in [-0.15, -0.1) is 0 Å². The molecule has 0 saturated carbocycles. The van der Waals surface area contributed by atoms with E-state index in [0.29, 0.717) is 5.71 Å². The third-order valence-electron chi connectivity index (χ3n) is 5.52. The van der Waals surface area contributed by atoms with E-state index in [1.54, 1.807) is 0 Å². The average Bonchev–Trinajstić information content (AvgIpc) is 2.65. The lowest BCUT2D eigenvalue weighted by Gasteiger charge is -2.42. The maximum absolute atomic E-state index is 8.68. The number of nitrogens with one attached hydrogen (secondary N) is 2. The second-order valence-corrected chi connectivity index (χ2v) is 6.76. The van der Waals surface area contributed by atoms with Crippen LogP contribution in [-0.2, 0) is 11.8 Å². The van der Waals surface area contributed by atoms with Crippen LogP contribution in [0.15, 0.2) is 66.7 Å². The molecule has 0 amide bonds. The summed E-state index contributed by atoms with van der Waals surface area (Å²) in [7, 11) is 0. The first-order chi connectivity index (χ1) is 11.8. The van der Waals surface area contributed by atoms with Crippen LogP contribution in [0, 0.1) is 5.41 Å². The molecule has 1 aliphatic heterocycles. The molecule has 2 nitrogen and oxygen atoms in total. The van der Waals surface area contributed by atoms with Gasteiger partial charge in [-0.2, -0.15) is 0 Å². The van der Waals surface area contributed by atoms with Gasteiger partial charge in [0.1, 0.15) is 0 Å². The van der Waals surface area contributed by atoms with E-state index in [2.05, 4.69) is 72.1 Å². The summed E-state index contributed by atoms with van der Waals surface area (Å²) >= 11 is 0. The molecule has 0 saturated heterocycles. The molecule has 0 radical (unpaired) electrons. The molecule has 116 valence electrons. The molecule has 2 heteroatoms. The van der Waals surface area contributed by atoms with Crippen LogP contribution < -0.4 is 5.32 Å². The topological polar surface area (TPSA) is 35.9 Å². The normalized spacial score (nSPS) is 21.4. The molecule has 1 spiro atoms. The van der Waals surface area contributed by atoms with Crippen molar-refractivity contribution in [1.82, 2.24) is 0 Å². The molecule has 2 aliphatic rings. The zero-order valence-corrected chi connectivity index (χ0v) is 13.3. The zero-order valence-electron chi connectivity index (χ0n) is 13.3. The maximum Gasteiger partial charge on any atom is 0.0587 e. The molecular formula is C22H18N2. The van der Waals surface area contributed by atoms with Gasteiger partial charge in [-0.25, -0.2) is 0 Å². The van der Waals surface area contributed by atoms with Crippen molar-refractivity contribution in [2.75, 3.05) is 11.9 Å². The van der Waals surface area contributed by atoms with Crippen molar-refractivity contribution in [2.45, 2.75) is 11.8 Å². The van der Waals surface area contributed by atoms with Crippen LogP contribution in [0.3, 0.4) is 0 Å². The van der Waals surface area contributed by atoms with E-state index < -0.39 is 0 Å². The Balaban J connectivity index is 1.75. The lowest BCUT2D eigenvalue weighted by atomic mass is 9.66. The third kappa shape index (κ3) is 1.74. The fraction of sp³-hybridized carbons (Fsp3) is 0.136. The molecule has 3 aromatic rings. The summed E-state index contributed by atoms with van der Waals surface area (Å²) in [6.45, 7) is 0.776. The summed E-state index contributed by atoms with van der Waals surface area (Å²) in [6, 6.07) is 21.4. The van der Waals surface area contributed by atoms with E-state index >= 15 is 0 Å². The van der Waals surface area contributed by atoms with E-state index in [-0.39, 0.29) is 5.41 Å². The predicted molar refractivity (Wildman–Crippen MR) is 101 cm³/mol. The van der Waals surface area contributed by atoms with Crippen molar-refractivity contribution in [3.8, 4) is 0 Å². The molecule has 2 N–H and O–H groups in total. The smallest absolute Gasteiger partial charge is 0.0587 e. The number of anilines is 1. The number of hydrogen-bond donors (Lipinski definition) is 2. The molecule has 0 fully saturated rings. The quantitative estimate of drug-likeness (QED) is 0.615. The van der Waals surface area contributed by atoms with Crippen LogP contribution in [0.4, 0.5) is 5.69 Å². The molecule has 1 aliphatic carbocycles. The molecule has 1 unspecified atom stereocenters. The van der Waals surface area contributed by atoms with Crippen LogP contribution in [0.25, 0.3) is 16.8 Å². The minimum atomic E-state index is -0.275. The Morgan fingerprint density at radius 3 is 2.67 bits per heavy atom. The molecule has 0 aromatic heterocycles. The fourth-order valence-electron chi connectivity index (χ4n) is 4.24. The van der Waals surface area contributed by atoms with Gasteiger partial charge >= 0.3 is 0 Å². The summed E-state index contributed by atoms with van der Waals surface area (Å²) < 4.78 is 0. The summed E-state index contributed by atoms with van der Waals surface area (Å²) in [5.41, 5.74) is 5.46. The first-order valence-electron chi connectivity index (χ1n) is 8.39. The number of allylic oxidation sites excluding steroid dienone is 1. The van der Waals surface area contributed by atoms with Crippen LogP contribution >= 0.6 is 0 Å². The number of fused-ring (bicyclic) bond motifs is 5. The highest BCUT2D eigenvalue weighted by Gasteiger charge is 2.42. The van der Waals surface area contributed by atoms with Crippen molar-refractivity contribution < 1.29 is 0 Å². The Morgan fingerprint density at radius 1 is 0.875 bits per heavy atom. The Hall–Kier alpha value is -2.87. The van der Waals surface area contributed by atoms with Crippen molar-refractivity contribution in [3.05, 3.63) is 83.4 Å². The van der Waals surface area contributed by atoms with Gasteiger partial charge in [0.15, 0.2) is 0 Å². The van der Waals surface area contributed by atoms with Gasteiger partial charge in [0.2, 0.25) is 0 Å². The molecule has 24 heavy (non-hydrogen) atoms. The van der Waals surface area contributed by atoms with E-state index in [4.69, 9.17) is 5.41 Å². The summed E-state index contributed by atoms with van der Waals surface area (Å²) in [5, 5.41) is 14.9. The van der Waals surface area contributed by atoms with Crippen molar-refractivity contribution in [3.63, 3.8) is 0 Å². The predicted octanol–water partition coefficient (Wildman–Crippen LogP) is 4.79. The minimum Gasteiger partial charge on any atom is -0.383 e. The highest BCUT2D eigenvalue weighted by molar-refractivity contribution is 6.08. The van der Waals surface area contributed by atoms with Crippen LogP contribution in [-0.4, -0.2) is 12.3 Å². The van der Waals surface area contributed by atoms with Crippen molar-refractivity contribution in [1.29, 1.82) is 5.41 Å². The SMILES string of the molecule is N=C1C=Cc2ccccc2C12CNc1ccc3ccccc3c1C2. The summed E-state index contributed by atoms with van der Waals surface area (Å²) in [5.74, 6) is 0. The molecule has 1 atom stereocenters. The second kappa shape index (κ2) is 4.81. The second-order valence-electron chi connectivity index (χ2n) is 6.76. The summed E-state index contributed by atoms with van der Waals surface area (Å²) in [4.78, 5) is 0. The largest absolute Gasteiger partial charge is 0.383 e. The molecule has 5 rings (SSSR count). The van der Waals surface area contributed by atoms with Gasteiger partial charge in [0, 0.05) is 17.9 Å². The van der Waals surface area contributed by atoms with Gasteiger partial charge in [0.05, 0.1) is 5.41 Å². The number of rotatable bonds is 0. The number of benzene rings is 3. The van der Waals surface area contributed by atoms with E-state index in [0.717, 1.165) is 13.0 Å². The zero-order chi connectivity index (χ0) is 16.1. The van der Waals surface area contributed by atoms with Gasteiger partial charge in [-0.05, 0) is 46.0 Å². The number of hydrogen-bond acceptors (Lipinski definition) is 2. The Morgan fingerprint density at radius 2 is 1.71 bits per heavy atom. The molecular weight excluding hydrogens is 292 g/mol. The lowest BCUT2D eigenvalue weighted by Crippen LogP contribution is -2.47. The minimum absolute atomic E-state index is 0.275. The average molecular weight is 310 g/mol. The van der Waals surface area contributed by atoms with E-state index in [1.165, 1.54) is 33.2 Å². The van der Waals surface area contributed by atoms with Gasteiger partial charge in [-0.1, -0.05) is 60.7 Å².